The molecule has 1 aromatic carbocycles. The molecule has 134 valence electrons. The third kappa shape index (κ3) is 8.31. The monoisotopic (exact) mass is 335 g/mol. The summed E-state index contributed by atoms with van der Waals surface area (Å²) in [6.07, 6.45) is 1.55. The van der Waals surface area contributed by atoms with Gasteiger partial charge in [-0.3, -0.25) is 14.9 Å². The average Bonchev–Trinajstić information content (AvgIpc) is 2.60. The number of benzene rings is 1. The highest BCUT2D eigenvalue weighted by molar-refractivity contribution is 5.96. The quantitative estimate of drug-likeness (QED) is 0.888. The first-order valence-electron chi connectivity index (χ1n) is 8.50. The Morgan fingerprint density at radius 2 is 1.75 bits per heavy atom. The van der Waals surface area contributed by atoms with E-state index in [0.717, 1.165) is 0 Å². The second kappa shape index (κ2) is 13.1. The Kier molecular flexibility index (Phi) is 11.8. The maximum absolute atomic E-state index is 11.7. The van der Waals surface area contributed by atoms with Crippen LogP contribution in [-0.4, -0.2) is 42.4 Å². The lowest BCUT2D eigenvalue weighted by Crippen LogP contribution is -2.51. The number of carbonyl (C=O) groups excluding carboxylic acids is 3. The third-order valence-corrected chi connectivity index (χ3v) is 2.85. The molecule has 1 aromatic rings. The maximum atomic E-state index is 11.7. The van der Waals surface area contributed by atoms with Crippen molar-refractivity contribution in [2.24, 2.45) is 0 Å². The molecule has 0 aromatic heterocycles. The fourth-order valence-corrected chi connectivity index (χ4v) is 1.81. The fourth-order valence-electron chi connectivity index (χ4n) is 1.81. The second-order valence-corrected chi connectivity index (χ2v) is 4.92. The second-order valence-electron chi connectivity index (χ2n) is 4.92. The number of hydrogen-bond donors (Lipinski definition) is 2. The molecule has 0 saturated carbocycles. The summed E-state index contributed by atoms with van der Waals surface area (Å²) in [6, 6.07) is 8.47. The summed E-state index contributed by atoms with van der Waals surface area (Å²) in [5.41, 5.74) is 0.584. The molecule has 6 heteroatoms. The molecule has 2 N–H and O–H groups in total. The summed E-state index contributed by atoms with van der Waals surface area (Å²) in [7, 11) is 0. The number of carbonyl (C=O) groups is 3. The molecule has 1 saturated heterocycles. The normalized spacial score (nSPS) is 12.9. The van der Waals surface area contributed by atoms with Crippen molar-refractivity contribution in [2.75, 3.05) is 19.6 Å². The van der Waals surface area contributed by atoms with E-state index < -0.39 is 6.03 Å². The topological polar surface area (TPSA) is 78.5 Å². The van der Waals surface area contributed by atoms with Crippen molar-refractivity contribution in [1.82, 2.24) is 15.5 Å². The van der Waals surface area contributed by atoms with Gasteiger partial charge in [-0.1, -0.05) is 52.3 Å². The molecule has 1 aliphatic heterocycles. The van der Waals surface area contributed by atoms with Gasteiger partial charge in [-0.05, 0) is 12.1 Å². The van der Waals surface area contributed by atoms with Crippen LogP contribution in [0, 0.1) is 0 Å². The van der Waals surface area contributed by atoms with Gasteiger partial charge in [0.05, 0.1) is 0 Å². The molecule has 0 bridgehead atoms. The zero-order valence-corrected chi connectivity index (χ0v) is 15.1. The molecule has 0 unspecified atom stereocenters. The number of amides is 4. The molecular weight excluding hydrogens is 306 g/mol. The Labute approximate surface area is 144 Å². The van der Waals surface area contributed by atoms with Gasteiger partial charge in [0.1, 0.15) is 0 Å². The van der Waals surface area contributed by atoms with Crippen molar-refractivity contribution in [3.05, 3.63) is 35.9 Å². The van der Waals surface area contributed by atoms with Crippen LogP contribution in [0.4, 0.5) is 4.79 Å². The lowest BCUT2D eigenvalue weighted by Gasteiger charge is -2.26. The van der Waals surface area contributed by atoms with Crippen molar-refractivity contribution in [1.29, 1.82) is 0 Å². The van der Waals surface area contributed by atoms with Crippen LogP contribution in [-0.2, 0) is 4.79 Å². The molecule has 24 heavy (non-hydrogen) atoms. The Morgan fingerprint density at radius 3 is 2.29 bits per heavy atom. The molecular formula is C18H29N3O3. The molecule has 6 nitrogen and oxygen atoms in total. The van der Waals surface area contributed by atoms with E-state index in [0.29, 0.717) is 31.6 Å². The van der Waals surface area contributed by atoms with Crippen LogP contribution >= 0.6 is 0 Å². The Morgan fingerprint density at radius 1 is 1.17 bits per heavy atom. The van der Waals surface area contributed by atoms with Crippen LogP contribution in [0.5, 0.6) is 0 Å². The Hall–Kier alpha value is -2.37. The van der Waals surface area contributed by atoms with Crippen LogP contribution in [0.2, 0.25) is 0 Å². The lowest BCUT2D eigenvalue weighted by molar-refractivity contribution is -0.121. The van der Waals surface area contributed by atoms with Gasteiger partial charge in [0.15, 0.2) is 0 Å². The zero-order chi connectivity index (χ0) is 18.4. The van der Waals surface area contributed by atoms with Gasteiger partial charge in [0.2, 0.25) is 5.91 Å². The molecule has 1 heterocycles. The van der Waals surface area contributed by atoms with E-state index in [9.17, 15) is 14.4 Å². The minimum absolute atomic E-state index is 0.172. The van der Waals surface area contributed by atoms with Gasteiger partial charge in [-0.2, -0.15) is 0 Å². The van der Waals surface area contributed by atoms with Crippen molar-refractivity contribution in [2.45, 2.75) is 40.5 Å². The average molecular weight is 335 g/mol. The SMILES string of the molecule is CC.CCC.O=C1CCN(CCNC(=O)c2ccccc2)C(=O)N1. The highest BCUT2D eigenvalue weighted by atomic mass is 16.2. The minimum Gasteiger partial charge on any atom is -0.350 e. The molecule has 0 spiro atoms. The number of hydrogen-bond acceptors (Lipinski definition) is 3. The van der Waals surface area contributed by atoms with E-state index in [1.54, 1.807) is 24.3 Å². The van der Waals surface area contributed by atoms with E-state index in [1.807, 2.05) is 19.9 Å². The van der Waals surface area contributed by atoms with Crippen molar-refractivity contribution < 1.29 is 14.4 Å². The van der Waals surface area contributed by atoms with E-state index in [2.05, 4.69) is 24.5 Å². The fraction of sp³-hybridized carbons (Fsp3) is 0.500. The van der Waals surface area contributed by atoms with Crippen LogP contribution < -0.4 is 10.6 Å². The number of rotatable bonds is 4. The van der Waals surface area contributed by atoms with Crippen molar-refractivity contribution in [3.8, 4) is 0 Å². The van der Waals surface area contributed by atoms with E-state index in [1.165, 1.54) is 11.3 Å². The predicted molar refractivity (Wildman–Crippen MR) is 95.8 cm³/mol. The van der Waals surface area contributed by atoms with Gasteiger partial charge in [-0.25, -0.2) is 4.79 Å². The number of urea groups is 1. The summed E-state index contributed by atoms with van der Waals surface area (Å²) in [5.74, 6) is -0.427. The van der Waals surface area contributed by atoms with E-state index in [-0.39, 0.29) is 11.8 Å². The van der Waals surface area contributed by atoms with Crippen molar-refractivity contribution >= 4 is 17.8 Å². The Balaban J connectivity index is 0.000000952. The number of imide groups is 1. The number of nitrogens with zero attached hydrogens (tertiary/aromatic N) is 1. The van der Waals surface area contributed by atoms with E-state index in [4.69, 9.17) is 0 Å². The molecule has 1 fully saturated rings. The lowest BCUT2D eigenvalue weighted by atomic mass is 10.2. The van der Waals surface area contributed by atoms with Gasteiger partial charge in [-0.15, -0.1) is 0 Å². The molecule has 4 amide bonds. The first-order valence-corrected chi connectivity index (χ1v) is 8.50. The summed E-state index contributed by atoms with van der Waals surface area (Å²) >= 11 is 0. The standard InChI is InChI=1S/C13H15N3O3.C3H8.C2H6/c17-11-6-8-16(13(19)15-11)9-7-14-12(18)10-4-2-1-3-5-10;1-3-2;1-2/h1-5H,6-9H2,(H,14,18)(H,15,17,19);3H2,1-2H3;1-2H3. The van der Waals surface area contributed by atoms with Crippen LogP contribution in [0.15, 0.2) is 30.3 Å². The smallest absolute Gasteiger partial charge is 0.324 e. The van der Waals surface area contributed by atoms with Crippen LogP contribution in [0.1, 0.15) is 50.9 Å². The highest BCUT2D eigenvalue weighted by Crippen LogP contribution is 2.00. The van der Waals surface area contributed by atoms with Gasteiger partial charge in [0, 0.05) is 31.6 Å². The van der Waals surface area contributed by atoms with Crippen LogP contribution in [0.25, 0.3) is 0 Å². The number of nitrogens with one attached hydrogen (secondary N) is 2. The van der Waals surface area contributed by atoms with E-state index >= 15 is 0 Å². The van der Waals surface area contributed by atoms with Gasteiger partial charge in [0.25, 0.3) is 5.91 Å². The zero-order valence-electron chi connectivity index (χ0n) is 15.1. The van der Waals surface area contributed by atoms with Gasteiger partial charge < -0.3 is 10.2 Å². The minimum atomic E-state index is -0.398. The first-order chi connectivity index (χ1) is 11.6. The summed E-state index contributed by atoms with van der Waals surface area (Å²) < 4.78 is 0. The highest BCUT2D eigenvalue weighted by Gasteiger charge is 2.22. The summed E-state index contributed by atoms with van der Waals surface area (Å²) in [5, 5.41) is 4.97. The molecule has 1 aliphatic rings. The maximum Gasteiger partial charge on any atom is 0.324 e. The third-order valence-electron chi connectivity index (χ3n) is 2.85. The van der Waals surface area contributed by atoms with Gasteiger partial charge >= 0.3 is 6.03 Å². The largest absolute Gasteiger partial charge is 0.350 e. The first kappa shape index (κ1) is 21.6. The summed E-state index contributed by atoms with van der Waals surface area (Å²) in [6.45, 7) is 9.39. The molecule has 0 aliphatic carbocycles. The van der Waals surface area contributed by atoms with Crippen LogP contribution in [0.3, 0.4) is 0 Å². The molecule has 0 radical (unpaired) electrons. The Bertz CT molecular complexity index is 503. The predicted octanol–water partition coefficient (Wildman–Crippen LogP) is 2.80. The molecule has 2 rings (SSSR count). The summed E-state index contributed by atoms with van der Waals surface area (Å²) in [4.78, 5) is 35.6. The molecule has 0 atom stereocenters. The van der Waals surface area contributed by atoms with Crippen molar-refractivity contribution in [3.63, 3.8) is 0 Å².